The molecule has 1 amide bonds. The highest BCUT2D eigenvalue weighted by Crippen LogP contribution is 2.34. The van der Waals surface area contributed by atoms with Gasteiger partial charge in [0.05, 0.1) is 0 Å². The van der Waals surface area contributed by atoms with E-state index in [0.29, 0.717) is 6.04 Å². The number of halogens is 1. The van der Waals surface area contributed by atoms with Crippen molar-refractivity contribution in [1.82, 2.24) is 14.7 Å². The van der Waals surface area contributed by atoms with Gasteiger partial charge in [0.25, 0.3) is 0 Å². The fraction of sp³-hybridized carbons (Fsp3) is 0.696. The first-order chi connectivity index (χ1) is 13.6. The minimum absolute atomic E-state index is 0.238. The van der Waals surface area contributed by atoms with Crippen molar-refractivity contribution in [2.24, 2.45) is 11.8 Å². The first-order valence-corrected chi connectivity index (χ1v) is 11.4. The van der Waals surface area contributed by atoms with Crippen molar-refractivity contribution in [3.8, 4) is 0 Å². The van der Waals surface area contributed by atoms with Crippen LogP contribution >= 0.6 is 11.6 Å². The zero-order chi connectivity index (χ0) is 19.5. The Hall–Kier alpha value is -1.10. The summed E-state index contributed by atoms with van der Waals surface area (Å²) in [5.74, 6) is 2.00. The maximum Gasteiger partial charge on any atom is 0.219 e. The van der Waals surface area contributed by atoms with Crippen LogP contribution in [0.25, 0.3) is 0 Å². The van der Waals surface area contributed by atoms with Crippen LogP contribution in [0.15, 0.2) is 24.3 Å². The Balaban J connectivity index is 1.20. The van der Waals surface area contributed by atoms with Crippen LogP contribution in [-0.4, -0.2) is 65.9 Å². The molecule has 0 spiro atoms. The van der Waals surface area contributed by atoms with E-state index >= 15 is 0 Å². The molecule has 3 aliphatic heterocycles. The number of hydrogen-bond acceptors (Lipinski definition) is 3. The average molecular weight is 404 g/mol. The Kier molecular flexibility index (Phi) is 6.59. The van der Waals surface area contributed by atoms with E-state index in [1.54, 1.807) is 6.92 Å². The van der Waals surface area contributed by atoms with Crippen molar-refractivity contribution in [2.75, 3.05) is 39.3 Å². The minimum Gasteiger partial charge on any atom is -0.343 e. The van der Waals surface area contributed by atoms with Crippen LogP contribution in [-0.2, 0) is 11.3 Å². The van der Waals surface area contributed by atoms with E-state index in [9.17, 15) is 4.79 Å². The first kappa shape index (κ1) is 20.2. The molecule has 0 aromatic heterocycles. The van der Waals surface area contributed by atoms with Crippen molar-refractivity contribution < 1.29 is 4.79 Å². The first-order valence-electron chi connectivity index (χ1n) is 11.0. The summed E-state index contributed by atoms with van der Waals surface area (Å²) >= 11 is 6.01. The van der Waals surface area contributed by atoms with Crippen molar-refractivity contribution >= 4 is 17.5 Å². The second-order valence-corrected chi connectivity index (χ2v) is 9.46. The second kappa shape index (κ2) is 9.15. The van der Waals surface area contributed by atoms with Gasteiger partial charge in [0.1, 0.15) is 0 Å². The molecule has 1 atom stereocenters. The number of piperidine rings is 2. The Morgan fingerprint density at radius 3 is 2.21 bits per heavy atom. The van der Waals surface area contributed by atoms with Crippen molar-refractivity contribution in [3.63, 3.8) is 0 Å². The standard InChI is InChI=1S/C23H34ClN3O/c1-18(28)26-14-9-23(10-15-26)27-12-7-20(8-13-27)21-6-11-25(17-21)16-19-2-4-22(24)5-3-19/h2-5,20-21,23H,6-17H2,1H3. The molecule has 4 rings (SSSR count). The molecule has 3 saturated heterocycles. The highest BCUT2D eigenvalue weighted by atomic mass is 35.5. The molecule has 154 valence electrons. The van der Waals surface area contributed by atoms with Gasteiger partial charge < -0.3 is 9.80 Å². The molecular formula is C23H34ClN3O. The lowest BCUT2D eigenvalue weighted by Gasteiger charge is -2.42. The van der Waals surface area contributed by atoms with E-state index in [1.807, 2.05) is 17.0 Å². The van der Waals surface area contributed by atoms with Crippen LogP contribution in [0.2, 0.25) is 5.02 Å². The number of rotatable bonds is 4. The third-order valence-electron chi connectivity index (χ3n) is 7.30. The molecule has 3 heterocycles. The minimum atomic E-state index is 0.238. The van der Waals surface area contributed by atoms with Gasteiger partial charge in [-0.05, 0) is 81.3 Å². The summed E-state index contributed by atoms with van der Waals surface area (Å²) in [4.78, 5) is 18.9. The number of carbonyl (C=O) groups excluding carboxylic acids is 1. The van der Waals surface area contributed by atoms with E-state index in [2.05, 4.69) is 21.9 Å². The number of benzene rings is 1. The highest BCUT2D eigenvalue weighted by Gasteiger charge is 2.34. The molecule has 28 heavy (non-hydrogen) atoms. The summed E-state index contributed by atoms with van der Waals surface area (Å²) in [6, 6.07) is 9.01. The second-order valence-electron chi connectivity index (χ2n) is 9.02. The largest absolute Gasteiger partial charge is 0.343 e. The van der Waals surface area contributed by atoms with Crippen molar-refractivity contribution in [3.05, 3.63) is 34.9 Å². The third kappa shape index (κ3) is 4.90. The van der Waals surface area contributed by atoms with Crippen LogP contribution in [0.4, 0.5) is 0 Å². The molecule has 0 saturated carbocycles. The topological polar surface area (TPSA) is 26.8 Å². The summed E-state index contributed by atoms with van der Waals surface area (Å²) in [5.41, 5.74) is 1.37. The molecule has 5 heteroatoms. The number of hydrogen-bond donors (Lipinski definition) is 0. The van der Waals surface area contributed by atoms with Crippen LogP contribution in [0.5, 0.6) is 0 Å². The van der Waals surface area contributed by atoms with Crippen LogP contribution in [0.3, 0.4) is 0 Å². The fourth-order valence-corrected chi connectivity index (χ4v) is 5.67. The van der Waals surface area contributed by atoms with Crippen molar-refractivity contribution in [1.29, 1.82) is 0 Å². The SMILES string of the molecule is CC(=O)N1CCC(N2CCC(C3CCN(Cc4ccc(Cl)cc4)C3)CC2)CC1. The van der Waals surface area contributed by atoms with Gasteiger partial charge in [-0.3, -0.25) is 9.69 Å². The van der Waals surface area contributed by atoms with E-state index in [1.165, 1.54) is 51.0 Å². The Labute approximate surface area is 174 Å². The monoisotopic (exact) mass is 403 g/mol. The fourth-order valence-electron chi connectivity index (χ4n) is 5.54. The highest BCUT2D eigenvalue weighted by molar-refractivity contribution is 6.30. The summed E-state index contributed by atoms with van der Waals surface area (Å²) in [6.07, 6.45) is 6.37. The lowest BCUT2D eigenvalue weighted by atomic mass is 9.83. The van der Waals surface area contributed by atoms with E-state index < -0.39 is 0 Å². The normalized spacial score (nSPS) is 26.1. The maximum atomic E-state index is 11.5. The maximum absolute atomic E-state index is 11.5. The average Bonchev–Trinajstić information content (AvgIpc) is 3.18. The molecule has 0 aliphatic carbocycles. The molecule has 0 radical (unpaired) electrons. The smallest absolute Gasteiger partial charge is 0.219 e. The van der Waals surface area contributed by atoms with Gasteiger partial charge in [-0.15, -0.1) is 0 Å². The van der Waals surface area contributed by atoms with Gasteiger partial charge in [0.2, 0.25) is 5.91 Å². The quantitative estimate of drug-likeness (QED) is 0.763. The summed E-state index contributed by atoms with van der Waals surface area (Å²) in [6.45, 7) is 9.64. The molecule has 0 N–H and O–H groups in total. The summed E-state index contributed by atoms with van der Waals surface area (Å²) in [5, 5.41) is 0.821. The lowest BCUT2D eigenvalue weighted by Crippen LogP contribution is -2.49. The van der Waals surface area contributed by atoms with Crippen LogP contribution < -0.4 is 0 Å². The molecule has 1 aromatic rings. The molecule has 4 nitrogen and oxygen atoms in total. The molecule has 3 fully saturated rings. The van der Waals surface area contributed by atoms with E-state index in [0.717, 1.165) is 49.3 Å². The van der Waals surface area contributed by atoms with Crippen molar-refractivity contribution in [2.45, 2.75) is 51.6 Å². The summed E-state index contributed by atoms with van der Waals surface area (Å²) in [7, 11) is 0. The zero-order valence-electron chi connectivity index (χ0n) is 17.2. The third-order valence-corrected chi connectivity index (χ3v) is 7.55. The molecule has 0 bridgehead atoms. The molecule has 1 unspecified atom stereocenters. The molecule has 1 aromatic carbocycles. The van der Waals surface area contributed by atoms with Crippen LogP contribution in [0, 0.1) is 11.8 Å². The van der Waals surface area contributed by atoms with Gasteiger partial charge in [0.15, 0.2) is 0 Å². The molecular weight excluding hydrogens is 370 g/mol. The van der Waals surface area contributed by atoms with Gasteiger partial charge in [-0.2, -0.15) is 0 Å². The Bertz CT molecular complexity index is 648. The van der Waals surface area contributed by atoms with E-state index in [4.69, 9.17) is 11.6 Å². The predicted octanol–water partition coefficient (Wildman–Crippen LogP) is 3.88. The molecule has 3 aliphatic rings. The van der Waals surface area contributed by atoms with Crippen LogP contribution in [0.1, 0.15) is 44.6 Å². The number of carbonyl (C=O) groups is 1. The number of likely N-dealkylation sites (tertiary alicyclic amines) is 3. The Morgan fingerprint density at radius 2 is 1.57 bits per heavy atom. The number of nitrogens with zero attached hydrogens (tertiary/aromatic N) is 3. The lowest BCUT2D eigenvalue weighted by molar-refractivity contribution is -0.130. The van der Waals surface area contributed by atoms with Gasteiger partial charge in [-0.1, -0.05) is 23.7 Å². The zero-order valence-corrected chi connectivity index (χ0v) is 17.9. The predicted molar refractivity (Wildman–Crippen MR) is 114 cm³/mol. The van der Waals surface area contributed by atoms with E-state index in [-0.39, 0.29) is 5.91 Å². The summed E-state index contributed by atoms with van der Waals surface area (Å²) < 4.78 is 0. The van der Waals surface area contributed by atoms with Gasteiger partial charge in [0, 0.05) is 44.2 Å². The Morgan fingerprint density at radius 1 is 0.929 bits per heavy atom. The van der Waals surface area contributed by atoms with Gasteiger partial charge >= 0.3 is 0 Å². The number of amides is 1. The van der Waals surface area contributed by atoms with Gasteiger partial charge in [-0.25, -0.2) is 0 Å².